The zero-order chi connectivity index (χ0) is 25.9. The maximum Gasteiger partial charge on any atom is 0.322 e. The van der Waals surface area contributed by atoms with Crippen LogP contribution in [0, 0.1) is 0 Å². The molecule has 9 heteroatoms. The number of hydrogen-bond acceptors (Lipinski definition) is 5. The van der Waals surface area contributed by atoms with E-state index in [2.05, 4.69) is 9.88 Å². The summed E-state index contributed by atoms with van der Waals surface area (Å²) in [7, 11) is 4.75. The molecule has 2 aliphatic rings. The van der Waals surface area contributed by atoms with E-state index in [1.165, 1.54) is 7.11 Å². The third kappa shape index (κ3) is 5.07. The van der Waals surface area contributed by atoms with Gasteiger partial charge in [-0.3, -0.25) is 4.79 Å². The maximum absolute atomic E-state index is 13.8. The summed E-state index contributed by atoms with van der Waals surface area (Å²) >= 11 is 0. The molecule has 3 amide bonds. The fourth-order valence-corrected chi connectivity index (χ4v) is 4.89. The molecule has 0 saturated heterocycles. The van der Waals surface area contributed by atoms with Crippen molar-refractivity contribution in [3.63, 3.8) is 0 Å². The number of carbonyl (C=O) groups is 2. The highest BCUT2D eigenvalue weighted by Gasteiger charge is 2.38. The molecular weight excluding hydrogens is 472 g/mol. The Labute approximate surface area is 216 Å². The summed E-state index contributed by atoms with van der Waals surface area (Å²) in [6.45, 7) is 1.25. The van der Waals surface area contributed by atoms with Gasteiger partial charge in [-0.05, 0) is 54.8 Å². The maximum atomic E-state index is 13.8. The number of hydrogen-bond donors (Lipinski definition) is 1. The Kier molecular flexibility index (Phi) is 6.94. The van der Waals surface area contributed by atoms with Gasteiger partial charge in [-0.1, -0.05) is 12.1 Å². The van der Waals surface area contributed by atoms with Gasteiger partial charge in [-0.25, -0.2) is 4.79 Å². The first kappa shape index (κ1) is 24.5. The van der Waals surface area contributed by atoms with Gasteiger partial charge in [0, 0.05) is 37.1 Å². The van der Waals surface area contributed by atoms with E-state index in [9.17, 15) is 9.59 Å². The number of urea groups is 1. The monoisotopic (exact) mass is 504 g/mol. The average Bonchev–Trinajstić information content (AvgIpc) is 3.66. The van der Waals surface area contributed by atoms with E-state index >= 15 is 0 Å². The minimum atomic E-state index is -0.322. The first-order valence-electron chi connectivity index (χ1n) is 12.4. The van der Waals surface area contributed by atoms with Gasteiger partial charge in [0.05, 0.1) is 33.1 Å². The molecule has 1 aliphatic carbocycles. The number of aromatic nitrogens is 1. The van der Waals surface area contributed by atoms with Crippen LogP contribution in [0.3, 0.4) is 0 Å². The van der Waals surface area contributed by atoms with Crippen LogP contribution in [0.1, 0.15) is 30.1 Å². The number of nitrogens with one attached hydrogen (secondary N) is 1. The van der Waals surface area contributed by atoms with Crippen molar-refractivity contribution in [2.45, 2.75) is 31.5 Å². The van der Waals surface area contributed by atoms with E-state index < -0.39 is 0 Å². The molecule has 0 spiro atoms. The van der Waals surface area contributed by atoms with E-state index in [1.54, 1.807) is 37.3 Å². The van der Waals surface area contributed by atoms with Gasteiger partial charge in [0.2, 0.25) is 5.91 Å². The minimum Gasteiger partial charge on any atom is -0.497 e. The van der Waals surface area contributed by atoms with Crippen molar-refractivity contribution in [3.8, 4) is 17.2 Å². The molecular formula is C28H32N4O5. The molecule has 1 aromatic heterocycles. The minimum absolute atomic E-state index is 0.00382. The first-order chi connectivity index (χ1) is 18.0. The summed E-state index contributed by atoms with van der Waals surface area (Å²) < 4.78 is 18.3. The predicted octanol–water partition coefficient (Wildman–Crippen LogP) is 4.14. The van der Waals surface area contributed by atoms with Crippen LogP contribution in [-0.2, 0) is 11.3 Å². The van der Waals surface area contributed by atoms with Crippen LogP contribution in [0.15, 0.2) is 60.8 Å². The largest absolute Gasteiger partial charge is 0.497 e. The number of amides is 3. The van der Waals surface area contributed by atoms with Gasteiger partial charge < -0.3 is 33.9 Å². The second-order valence-corrected chi connectivity index (χ2v) is 9.25. The third-order valence-electron chi connectivity index (χ3n) is 6.97. The fraction of sp³-hybridized carbons (Fsp3) is 0.357. The lowest BCUT2D eigenvalue weighted by Crippen LogP contribution is -2.49. The second-order valence-electron chi connectivity index (χ2n) is 9.25. The Morgan fingerprint density at radius 2 is 1.73 bits per heavy atom. The fourth-order valence-electron chi connectivity index (χ4n) is 4.89. The summed E-state index contributed by atoms with van der Waals surface area (Å²) in [6, 6.07) is 16.5. The van der Waals surface area contributed by atoms with Gasteiger partial charge in [0.1, 0.15) is 23.8 Å². The second kappa shape index (κ2) is 10.5. The van der Waals surface area contributed by atoms with Crippen LogP contribution in [0.2, 0.25) is 0 Å². The molecule has 1 N–H and O–H groups in total. The SMILES string of the molecule is COc1cccc(C2c3cccn3CCN2C(=O)CN(C(=O)Nc2ccc(OC)cc2OC)C2CC2)c1. The van der Waals surface area contributed by atoms with Crippen molar-refractivity contribution < 1.29 is 23.8 Å². The van der Waals surface area contributed by atoms with Gasteiger partial charge in [-0.2, -0.15) is 0 Å². The lowest BCUT2D eigenvalue weighted by atomic mass is 9.99. The van der Waals surface area contributed by atoms with Gasteiger partial charge in [0.15, 0.2) is 0 Å². The van der Waals surface area contributed by atoms with E-state index in [-0.39, 0.29) is 30.6 Å². The molecule has 9 nitrogen and oxygen atoms in total. The predicted molar refractivity (Wildman–Crippen MR) is 139 cm³/mol. The quantitative estimate of drug-likeness (QED) is 0.498. The van der Waals surface area contributed by atoms with E-state index in [0.717, 1.165) is 29.8 Å². The zero-order valence-corrected chi connectivity index (χ0v) is 21.3. The van der Waals surface area contributed by atoms with Gasteiger partial charge in [0.25, 0.3) is 0 Å². The molecule has 1 unspecified atom stereocenters. The molecule has 1 fully saturated rings. The molecule has 2 aromatic carbocycles. The molecule has 1 atom stereocenters. The van der Waals surface area contributed by atoms with Crippen molar-refractivity contribution in [3.05, 3.63) is 72.1 Å². The Hall–Kier alpha value is -4.14. The number of benzene rings is 2. The van der Waals surface area contributed by atoms with E-state index in [4.69, 9.17) is 14.2 Å². The van der Waals surface area contributed by atoms with E-state index in [0.29, 0.717) is 30.3 Å². The Morgan fingerprint density at radius 1 is 0.946 bits per heavy atom. The molecule has 0 radical (unpaired) electrons. The van der Waals surface area contributed by atoms with Crippen LogP contribution in [0.25, 0.3) is 0 Å². The molecule has 1 saturated carbocycles. The molecule has 0 bridgehead atoms. The Morgan fingerprint density at radius 3 is 2.46 bits per heavy atom. The lowest BCUT2D eigenvalue weighted by Gasteiger charge is -2.38. The number of fused-ring (bicyclic) bond motifs is 1. The topological polar surface area (TPSA) is 85.3 Å². The highest BCUT2D eigenvalue weighted by atomic mass is 16.5. The summed E-state index contributed by atoms with van der Waals surface area (Å²) in [5.41, 5.74) is 2.53. The van der Waals surface area contributed by atoms with Crippen LogP contribution >= 0.6 is 0 Å². The zero-order valence-electron chi connectivity index (χ0n) is 21.3. The third-order valence-corrected chi connectivity index (χ3v) is 6.97. The van der Waals surface area contributed by atoms with Crippen molar-refractivity contribution >= 4 is 17.6 Å². The van der Waals surface area contributed by atoms with Crippen LogP contribution in [0.5, 0.6) is 17.2 Å². The van der Waals surface area contributed by atoms with Crippen molar-refractivity contribution in [1.29, 1.82) is 0 Å². The number of rotatable bonds is 8. The lowest BCUT2D eigenvalue weighted by molar-refractivity contribution is -0.134. The average molecular weight is 505 g/mol. The highest BCUT2D eigenvalue weighted by molar-refractivity contribution is 5.94. The van der Waals surface area contributed by atoms with Crippen LogP contribution in [0.4, 0.5) is 10.5 Å². The van der Waals surface area contributed by atoms with Crippen molar-refractivity contribution in [2.75, 3.05) is 39.7 Å². The van der Waals surface area contributed by atoms with Crippen LogP contribution in [-0.4, -0.2) is 66.8 Å². The Balaban J connectivity index is 1.38. The number of ether oxygens (including phenoxy) is 3. The standard InChI is InChI=1S/C28H32N4O5/c1-35-21-7-4-6-19(16-21)27-24-8-5-13-30(24)14-15-31(27)26(33)18-32(20-9-10-20)28(34)29-23-12-11-22(36-2)17-25(23)37-3/h4-8,11-13,16-17,20,27H,9-10,14-15,18H2,1-3H3,(H,29,34). The molecule has 5 rings (SSSR count). The van der Waals surface area contributed by atoms with E-state index in [1.807, 2.05) is 47.5 Å². The number of nitrogens with zero attached hydrogens (tertiary/aromatic N) is 3. The Bertz CT molecular complexity index is 1290. The number of methoxy groups -OCH3 is 3. The van der Waals surface area contributed by atoms with Crippen LogP contribution < -0.4 is 19.5 Å². The molecule has 1 aliphatic heterocycles. The summed E-state index contributed by atoms with van der Waals surface area (Å²) in [6.07, 6.45) is 3.79. The molecule has 37 heavy (non-hydrogen) atoms. The highest BCUT2D eigenvalue weighted by Crippen LogP contribution is 2.35. The molecule has 194 valence electrons. The summed E-state index contributed by atoms with van der Waals surface area (Å²) in [5, 5.41) is 2.93. The van der Waals surface area contributed by atoms with Gasteiger partial charge >= 0.3 is 6.03 Å². The summed E-state index contributed by atoms with van der Waals surface area (Å²) in [5.74, 6) is 1.76. The summed E-state index contributed by atoms with van der Waals surface area (Å²) in [4.78, 5) is 30.7. The molecule has 3 aromatic rings. The van der Waals surface area contributed by atoms with Crippen molar-refractivity contribution in [1.82, 2.24) is 14.4 Å². The smallest absolute Gasteiger partial charge is 0.322 e. The van der Waals surface area contributed by atoms with Crippen molar-refractivity contribution in [2.24, 2.45) is 0 Å². The normalized spacial score (nSPS) is 16.5. The van der Waals surface area contributed by atoms with Gasteiger partial charge in [-0.15, -0.1) is 0 Å². The molecule has 2 heterocycles. The number of carbonyl (C=O) groups excluding carboxylic acids is 2. The number of anilines is 1. The first-order valence-corrected chi connectivity index (χ1v) is 12.4.